The topological polar surface area (TPSA) is 63.0 Å². The average molecular weight is 450 g/mol. The summed E-state index contributed by atoms with van der Waals surface area (Å²) >= 11 is 0. The first-order chi connectivity index (χ1) is 15.9. The van der Waals surface area contributed by atoms with E-state index in [1.54, 1.807) is 0 Å². The molecule has 1 amide bonds. The number of nitrogens with zero attached hydrogens (tertiary/aromatic N) is 5. The zero-order chi connectivity index (χ0) is 23.1. The van der Waals surface area contributed by atoms with Crippen LogP contribution in [0.2, 0.25) is 0 Å². The molecule has 176 valence electrons. The highest BCUT2D eigenvalue weighted by Crippen LogP contribution is 2.25. The molecule has 5 rings (SSSR count). The van der Waals surface area contributed by atoms with Gasteiger partial charge < -0.3 is 9.64 Å². The predicted octanol–water partition coefficient (Wildman–Crippen LogP) is 3.53. The Morgan fingerprint density at radius 2 is 1.91 bits per heavy atom. The summed E-state index contributed by atoms with van der Waals surface area (Å²) < 4.78 is 7.82. The fourth-order valence-corrected chi connectivity index (χ4v) is 5.80. The summed E-state index contributed by atoms with van der Waals surface area (Å²) in [6, 6.07) is 8.42. The molecule has 7 nitrogen and oxygen atoms in total. The van der Waals surface area contributed by atoms with Crippen molar-refractivity contribution in [3.8, 4) is 0 Å². The molecule has 4 heterocycles. The van der Waals surface area contributed by atoms with Crippen molar-refractivity contribution in [3.63, 3.8) is 0 Å². The Bertz CT molecular complexity index is 1160. The molecule has 33 heavy (non-hydrogen) atoms. The fraction of sp³-hybridized carbons (Fsp3) is 0.577. The van der Waals surface area contributed by atoms with Crippen LogP contribution < -0.4 is 0 Å². The number of ether oxygens (including phenoxy) is 1. The van der Waals surface area contributed by atoms with Crippen molar-refractivity contribution >= 4 is 22.5 Å². The molecule has 0 spiro atoms. The van der Waals surface area contributed by atoms with Crippen molar-refractivity contribution in [2.75, 3.05) is 26.2 Å². The number of aryl methyl sites for hydroxylation is 2. The van der Waals surface area contributed by atoms with Crippen LogP contribution in [0.1, 0.15) is 50.1 Å². The number of likely N-dealkylation sites (tertiary alicyclic amines) is 1. The highest BCUT2D eigenvalue weighted by molar-refractivity contribution is 5.92. The molecule has 0 saturated carbocycles. The molecule has 0 radical (unpaired) electrons. The van der Waals surface area contributed by atoms with Gasteiger partial charge in [-0.15, -0.1) is 0 Å². The van der Waals surface area contributed by atoms with Crippen LogP contribution in [0.5, 0.6) is 0 Å². The Kier molecular flexibility index (Phi) is 6.10. The number of carbonyl (C=O) groups excluding carboxylic acids is 1. The van der Waals surface area contributed by atoms with Crippen LogP contribution in [0.3, 0.4) is 0 Å². The van der Waals surface area contributed by atoms with Gasteiger partial charge in [0.15, 0.2) is 5.65 Å². The lowest BCUT2D eigenvalue weighted by molar-refractivity contribution is -0.133. The zero-order valence-corrected chi connectivity index (χ0v) is 20.3. The first kappa shape index (κ1) is 22.3. The highest BCUT2D eigenvalue weighted by Gasteiger charge is 2.32. The van der Waals surface area contributed by atoms with Gasteiger partial charge in [0, 0.05) is 55.4 Å². The lowest BCUT2D eigenvalue weighted by Gasteiger charge is -2.38. The number of rotatable bonds is 5. The van der Waals surface area contributed by atoms with E-state index in [0.717, 1.165) is 72.5 Å². The molecule has 0 N–H and O–H groups in total. The van der Waals surface area contributed by atoms with Crippen LogP contribution >= 0.6 is 0 Å². The maximum absolute atomic E-state index is 13.3. The maximum Gasteiger partial charge on any atom is 0.223 e. The standard InChI is InChI=1S/C26H35N5O2/c1-17-14-29(15-18(2)33-17)16-21-8-7-13-30(21)25(32)12-11-22-19(3)27-26-23-9-5-6-10-24(23)28-31(26)20(22)4/h5-6,9-10,17-18,21H,7-8,11-16H2,1-4H3/t17-,18+,21-/m0/s1. The van der Waals surface area contributed by atoms with Gasteiger partial charge in [-0.3, -0.25) is 9.69 Å². The molecular formula is C26H35N5O2. The van der Waals surface area contributed by atoms with Gasteiger partial charge in [0.2, 0.25) is 5.91 Å². The Balaban J connectivity index is 1.29. The quantitative estimate of drug-likeness (QED) is 0.596. The van der Waals surface area contributed by atoms with E-state index in [-0.39, 0.29) is 18.1 Å². The van der Waals surface area contributed by atoms with Crippen LogP contribution in [0, 0.1) is 13.8 Å². The van der Waals surface area contributed by atoms with Gasteiger partial charge in [-0.2, -0.15) is 5.10 Å². The predicted molar refractivity (Wildman–Crippen MR) is 129 cm³/mol. The fourth-order valence-electron chi connectivity index (χ4n) is 5.80. The summed E-state index contributed by atoms with van der Waals surface area (Å²) in [5, 5.41) is 5.82. The molecular weight excluding hydrogens is 414 g/mol. The minimum Gasteiger partial charge on any atom is -0.373 e. The number of morpholine rings is 1. The molecule has 3 atom stereocenters. The molecule has 1 aromatic carbocycles. The molecule has 2 saturated heterocycles. The van der Waals surface area contributed by atoms with Crippen molar-refractivity contribution in [2.24, 2.45) is 0 Å². The average Bonchev–Trinajstić information content (AvgIpc) is 3.37. The zero-order valence-electron chi connectivity index (χ0n) is 20.3. The minimum absolute atomic E-state index is 0.256. The summed E-state index contributed by atoms with van der Waals surface area (Å²) in [7, 11) is 0. The van der Waals surface area contributed by atoms with Crippen LogP contribution in [-0.4, -0.2) is 74.7 Å². The number of carbonyl (C=O) groups is 1. The van der Waals surface area contributed by atoms with Gasteiger partial charge in [0.1, 0.15) is 0 Å². The number of amides is 1. The second-order valence-electron chi connectivity index (χ2n) is 9.87. The SMILES string of the molecule is Cc1nc2c3ccccc3nn2c(C)c1CCC(=O)N1CCC[C@H]1CN1C[C@@H](C)O[C@@H](C)C1. The van der Waals surface area contributed by atoms with Crippen LogP contribution in [0.25, 0.3) is 16.6 Å². The Morgan fingerprint density at radius 1 is 1.15 bits per heavy atom. The summed E-state index contributed by atoms with van der Waals surface area (Å²) in [4.78, 5) is 22.7. The first-order valence-corrected chi connectivity index (χ1v) is 12.3. The van der Waals surface area contributed by atoms with Crippen LogP contribution in [0.4, 0.5) is 0 Å². The van der Waals surface area contributed by atoms with E-state index in [1.165, 1.54) is 0 Å². The van der Waals surface area contributed by atoms with Crippen molar-refractivity contribution in [3.05, 3.63) is 41.2 Å². The van der Waals surface area contributed by atoms with E-state index in [4.69, 9.17) is 14.8 Å². The van der Waals surface area contributed by atoms with E-state index < -0.39 is 0 Å². The van der Waals surface area contributed by atoms with Gasteiger partial charge in [0.25, 0.3) is 0 Å². The number of benzene rings is 1. The molecule has 2 aliphatic rings. The van der Waals surface area contributed by atoms with E-state index in [1.807, 2.05) is 29.6 Å². The largest absolute Gasteiger partial charge is 0.373 e. The van der Waals surface area contributed by atoms with E-state index in [9.17, 15) is 4.79 Å². The monoisotopic (exact) mass is 449 g/mol. The molecule has 2 aliphatic heterocycles. The van der Waals surface area contributed by atoms with Gasteiger partial charge in [-0.1, -0.05) is 12.1 Å². The number of hydrogen-bond acceptors (Lipinski definition) is 5. The summed E-state index contributed by atoms with van der Waals surface area (Å²) in [6.07, 6.45) is 3.92. The Hall–Kier alpha value is -2.51. The van der Waals surface area contributed by atoms with Gasteiger partial charge in [-0.25, -0.2) is 9.50 Å². The lowest BCUT2D eigenvalue weighted by atomic mass is 10.1. The number of aromatic nitrogens is 3. The highest BCUT2D eigenvalue weighted by atomic mass is 16.5. The molecule has 0 unspecified atom stereocenters. The third-order valence-corrected chi connectivity index (χ3v) is 7.27. The van der Waals surface area contributed by atoms with Crippen molar-refractivity contribution < 1.29 is 9.53 Å². The summed E-state index contributed by atoms with van der Waals surface area (Å²) in [6.45, 7) is 12.1. The first-order valence-electron chi connectivity index (χ1n) is 12.3. The Morgan fingerprint density at radius 3 is 2.70 bits per heavy atom. The summed E-state index contributed by atoms with van der Waals surface area (Å²) in [5.41, 5.74) is 5.05. The molecule has 2 aromatic heterocycles. The lowest BCUT2D eigenvalue weighted by Crippen LogP contribution is -2.51. The maximum atomic E-state index is 13.3. The van der Waals surface area contributed by atoms with Crippen LogP contribution in [-0.2, 0) is 16.0 Å². The van der Waals surface area contributed by atoms with Crippen molar-refractivity contribution in [1.82, 2.24) is 24.4 Å². The molecule has 0 aliphatic carbocycles. The second kappa shape index (κ2) is 9.03. The number of hydrogen-bond donors (Lipinski definition) is 0. The normalized spacial score (nSPS) is 24.2. The molecule has 3 aromatic rings. The van der Waals surface area contributed by atoms with E-state index in [0.29, 0.717) is 18.9 Å². The third-order valence-electron chi connectivity index (χ3n) is 7.27. The Labute approximate surface area is 195 Å². The van der Waals surface area contributed by atoms with Crippen molar-refractivity contribution in [1.29, 1.82) is 0 Å². The summed E-state index contributed by atoms with van der Waals surface area (Å²) in [5.74, 6) is 0.261. The number of fused-ring (bicyclic) bond motifs is 3. The van der Waals surface area contributed by atoms with E-state index in [2.05, 4.69) is 36.6 Å². The molecule has 2 fully saturated rings. The van der Waals surface area contributed by atoms with Crippen LogP contribution in [0.15, 0.2) is 24.3 Å². The molecule has 7 heteroatoms. The smallest absolute Gasteiger partial charge is 0.223 e. The third kappa shape index (κ3) is 4.36. The molecule has 0 bridgehead atoms. The van der Waals surface area contributed by atoms with Gasteiger partial charge in [0.05, 0.1) is 17.7 Å². The minimum atomic E-state index is 0.256. The van der Waals surface area contributed by atoms with E-state index >= 15 is 0 Å². The van der Waals surface area contributed by atoms with Gasteiger partial charge >= 0.3 is 0 Å². The second-order valence-corrected chi connectivity index (χ2v) is 9.87. The van der Waals surface area contributed by atoms with Crippen molar-refractivity contribution in [2.45, 2.75) is 71.6 Å². The van der Waals surface area contributed by atoms with Gasteiger partial charge in [-0.05, 0) is 64.7 Å².